The number of hydrogen-bond acceptors (Lipinski definition) is 3. The summed E-state index contributed by atoms with van der Waals surface area (Å²) < 4.78 is 10.4. The van der Waals surface area contributed by atoms with Gasteiger partial charge in [0.1, 0.15) is 11.5 Å². The molecule has 0 aromatic heterocycles. The van der Waals surface area contributed by atoms with Crippen LogP contribution in [0.25, 0.3) is 0 Å². The fourth-order valence-corrected chi connectivity index (χ4v) is 2.03. The first kappa shape index (κ1) is 10.0. The van der Waals surface area contributed by atoms with Crippen molar-refractivity contribution in [3.8, 4) is 11.5 Å². The van der Waals surface area contributed by atoms with Crippen molar-refractivity contribution in [2.24, 2.45) is 5.92 Å². The molecular weight excluding hydrogens is 192 g/mol. The Morgan fingerprint density at radius 1 is 1.27 bits per heavy atom. The molecule has 0 N–H and O–H groups in total. The van der Waals surface area contributed by atoms with E-state index < -0.39 is 0 Å². The highest BCUT2D eigenvalue weighted by Gasteiger charge is 2.30. The molecule has 1 aromatic rings. The highest BCUT2D eigenvalue weighted by molar-refractivity contribution is 6.04. The fraction of sp³-hybridized carbons (Fsp3) is 0.417. The van der Waals surface area contributed by atoms with Crippen LogP contribution in [-0.4, -0.2) is 20.0 Å². The average Bonchev–Trinajstić information content (AvgIpc) is 2.53. The van der Waals surface area contributed by atoms with E-state index in [1.807, 2.05) is 13.0 Å². The summed E-state index contributed by atoms with van der Waals surface area (Å²) in [6.45, 7) is 1.94. The molecule has 0 unspecified atom stereocenters. The molecule has 0 spiro atoms. The molecule has 1 atom stereocenters. The summed E-state index contributed by atoms with van der Waals surface area (Å²) in [6, 6.07) is 3.67. The predicted octanol–water partition coefficient (Wildman–Crippen LogP) is 2.08. The predicted molar refractivity (Wildman–Crippen MR) is 56.7 cm³/mol. The molecular formula is C12H14O3. The maximum absolute atomic E-state index is 11.9. The lowest BCUT2D eigenvalue weighted by atomic mass is 10.1. The minimum Gasteiger partial charge on any atom is -0.497 e. The smallest absolute Gasteiger partial charge is 0.170 e. The third-order valence-corrected chi connectivity index (χ3v) is 2.83. The molecule has 1 aliphatic carbocycles. The molecule has 80 valence electrons. The molecule has 15 heavy (non-hydrogen) atoms. The van der Waals surface area contributed by atoms with Gasteiger partial charge in [-0.2, -0.15) is 0 Å². The Kier molecular flexibility index (Phi) is 2.39. The molecule has 0 fully saturated rings. The molecule has 0 radical (unpaired) electrons. The van der Waals surface area contributed by atoms with E-state index >= 15 is 0 Å². The minimum atomic E-state index is 0.0565. The maximum Gasteiger partial charge on any atom is 0.170 e. The van der Waals surface area contributed by atoms with Gasteiger partial charge < -0.3 is 9.47 Å². The zero-order valence-corrected chi connectivity index (χ0v) is 9.16. The number of benzene rings is 1. The third-order valence-electron chi connectivity index (χ3n) is 2.83. The van der Waals surface area contributed by atoms with Crippen LogP contribution in [0.5, 0.6) is 11.5 Å². The van der Waals surface area contributed by atoms with E-state index in [1.54, 1.807) is 20.3 Å². The van der Waals surface area contributed by atoms with Crippen LogP contribution in [0.4, 0.5) is 0 Å². The van der Waals surface area contributed by atoms with Crippen molar-refractivity contribution >= 4 is 5.78 Å². The highest BCUT2D eigenvalue weighted by Crippen LogP contribution is 2.36. The Bertz CT molecular complexity index is 410. The van der Waals surface area contributed by atoms with E-state index in [9.17, 15) is 4.79 Å². The monoisotopic (exact) mass is 206 g/mol. The van der Waals surface area contributed by atoms with E-state index in [-0.39, 0.29) is 11.7 Å². The summed E-state index contributed by atoms with van der Waals surface area (Å²) in [7, 11) is 3.19. The standard InChI is InChI=1S/C12H14O3/c1-7-4-8-5-9(14-2)6-10(15-3)11(8)12(7)13/h5-7H,4H2,1-3H3/t7-/m0/s1. The van der Waals surface area contributed by atoms with Gasteiger partial charge in [0.15, 0.2) is 5.78 Å². The van der Waals surface area contributed by atoms with Gasteiger partial charge in [-0.05, 0) is 18.1 Å². The summed E-state index contributed by atoms with van der Waals surface area (Å²) in [4.78, 5) is 11.9. The van der Waals surface area contributed by atoms with Crippen molar-refractivity contribution in [1.82, 2.24) is 0 Å². The average molecular weight is 206 g/mol. The number of rotatable bonds is 2. The zero-order valence-electron chi connectivity index (χ0n) is 9.16. The first-order valence-corrected chi connectivity index (χ1v) is 4.96. The van der Waals surface area contributed by atoms with Crippen molar-refractivity contribution < 1.29 is 14.3 Å². The van der Waals surface area contributed by atoms with Crippen LogP contribution in [-0.2, 0) is 6.42 Å². The second kappa shape index (κ2) is 3.57. The van der Waals surface area contributed by atoms with E-state index in [0.717, 1.165) is 23.3 Å². The van der Waals surface area contributed by atoms with Crippen molar-refractivity contribution in [3.63, 3.8) is 0 Å². The van der Waals surface area contributed by atoms with E-state index in [1.165, 1.54) is 0 Å². The number of carbonyl (C=O) groups excluding carboxylic acids is 1. The van der Waals surface area contributed by atoms with Gasteiger partial charge in [0.25, 0.3) is 0 Å². The Morgan fingerprint density at radius 3 is 2.60 bits per heavy atom. The largest absolute Gasteiger partial charge is 0.497 e. The third kappa shape index (κ3) is 1.48. The molecule has 0 aliphatic heterocycles. The molecule has 0 amide bonds. The molecule has 0 bridgehead atoms. The Labute approximate surface area is 89.0 Å². The van der Waals surface area contributed by atoms with Crippen molar-refractivity contribution in [2.75, 3.05) is 14.2 Å². The minimum absolute atomic E-state index is 0.0565. The second-order valence-corrected chi connectivity index (χ2v) is 3.83. The first-order chi connectivity index (χ1) is 7.17. The number of Topliss-reactive ketones (excluding diaryl/α,β-unsaturated/α-hetero) is 1. The quantitative estimate of drug-likeness (QED) is 0.743. The normalized spacial score (nSPS) is 18.9. The van der Waals surface area contributed by atoms with Gasteiger partial charge in [0.2, 0.25) is 0 Å². The van der Waals surface area contributed by atoms with E-state index in [0.29, 0.717) is 5.75 Å². The Balaban J connectivity index is 2.58. The van der Waals surface area contributed by atoms with Gasteiger partial charge in [0, 0.05) is 12.0 Å². The second-order valence-electron chi connectivity index (χ2n) is 3.83. The summed E-state index contributed by atoms with van der Waals surface area (Å²) in [5.74, 6) is 1.59. The molecule has 0 heterocycles. The molecule has 3 heteroatoms. The fourth-order valence-electron chi connectivity index (χ4n) is 2.03. The lowest BCUT2D eigenvalue weighted by Gasteiger charge is -2.08. The van der Waals surface area contributed by atoms with E-state index in [4.69, 9.17) is 9.47 Å². The van der Waals surface area contributed by atoms with E-state index in [2.05, 4.69) is 0 Å². The summed E-state index contributed by atoms with van der Waals surface area (Å²) in [5, 5.41) is 0. The van der Waals surface area contributed by atoms with Crippen LogP contribution < -0.4 is 9.47 Å². The zero-order chi connectivity index (χ0) is 11.0. The molecule has 3 nitrogen and oxygen atoms in total. The first-order valence-electron chi connectivity index (χ1n) is 4.96. The SMILES string of the molecule is COc1cc2c(c(OC)c1)C(=O)[C@@H](C)C2. The van der Waals surface area contributed by atoms with Gasteiger partial charge in [-0.3, -0.25) is 4.79 Å². The lowest BCUT2D eigenvalue weighted by molar-refractivity contribution is 0.0944. The van der Waals surface area contributed by atoms with Crippen LogP contribution in [0.15, 0.2) is 12.1 Å². The van der Waals surface area contributed by atoms with Crippen LogP contribution >= 0.6 is 0 Å². The molecule has 0 saturated heterocycles. The number of ketones is 1. The molecule has 0 saturated carbocycles. The number of ether oxygens (including phenoxy) is 2. The highest BCUT2D eigenvalue weighted by atomic mass is 16.5. The van der Waals surface area contributed by atoms with Crippen LogP contribution in [0, 0.1) is 5.92 Å². The van der Waals surface area contributed by atoms with Gasteiger partial charge in [0.05, 0.1) is 19.8 Å². The van der Waals surface area contributed by atoms with Gasteiger partial charge in [-0.25, -0.2) is 0 Å². The van der Waals surface area contributed by atoms with Crippen molar-refractivity contribution in [3.05, 3.63) is 23.3 Å². The van der Waals surface area contributed by atoms with Gasteiger partial charge >= 0.3 is 0 Å². The van der Waals surface area contributed by atoms with Crippen molar-refractivity contribution in [1.29, 1.82) is 0 Å². The van der Waals surface area contributed by atoms with Gasteiger partial charge in [-0.15, -0.1) is 0 Å². The van der Waals surface area contributed by atoms with Crippen LogP contribution in [0.2, 0.25) is 0 Å². The van der Waals surface area contributed by atoms with Crippen molar-refractivity contribution in [2.45, 2.75) is 13.3 Å². The summed E-state index contributed by atoms with van der Waals surface area (Å²) >= 11 is 0. The number of fused-ring (bicyclic) bond motifs is 1. The topological polar surface area (TPSA) is 35.5 Å². The molecule has 1 aliphatic rings. The Hall–Kier alpha value is -1.51. The maximum atomic E-state index is 11.9. The van der Waals surface area contributed by atoms with Crippen LogP contribution in [0.3, 0.4) is 0 Å². The molecule has 2 rings (SSSR count). The number of carbonyl (C=O) groups is 1. The van der Waals surface area contributed by atoms with Crippen LogP contribution in [0.1, 0.15) is 22.8 Å². The summed E-state index contributed by atoms with van der Waals surface area (Å²) in [5.41, 5.74) is 1.76. The summed E-state index contributed by atoms with van der Waals surface area (Å²) in [6.07, 6.45) is 0.779. The number of methoxy groups -OCH3 is 2. The number of hydrogen-bond donors (Lipinski definition) is 0. The molecule has 1 aromatic carbocycles. The van der Waals surface area contributed by atoms with Gasteiger partial charge in [-0.1, -0.05) is 6.92 Å². The Morgan fingerprint density at radius 2 is 2.00 bits per heavy atom. The lowest BCUT2D eigenvalue weighted by Crippen LogP contribution is -2.04.